The van der Waals surface area contributed by atoms with Crippen molar-refractivity contribution in [1.29, 1.82) is 0 Å². The fraction of sp³-hybridized carbons (Fsp3) is 0.385. The van der Waals surface area contributed by atoms with Crippen LogP contribution in [0.15, 0.2) is 18.2 Å². The Morgan fingerprint density at radius 3 is 2.61 bits per heavy atom. The van der Waals surface area contributed by atoms with E-state index in [2.05, 4.69) is 23.9 Å². The van der Waals surface area contributed by atoms with Crippen molar-refractivity contribution < 1.29 is 4.74 Å². The molecule has 1 aromatic carbocycles. The minimum absolute atomic E-state index is 0.289. The van der Waals surface area contributed by atoms with E-state index >= 15 is 0 Å². The van der Waals surface area contributed by atoms with E-state index in [-0.39, 0.29) is 5.92 Å². The molecule has 1 aromatic heterocycles. The Balaban J connectivity index is 2.57. The molecule has 0 saturated carbocycles. The summed E-state index contributed by atoms with van der Waals surface area (Å²) in [4.78, 5) is 4.55. The third-order valence-electron chi connectivity index (χ3n) is 2.76. The second kappa shape index (κ2) is 4.68. The number of methoxy groups -OCH3 is 1. The smallest absolute Gasteiger partial charge is 0.161 e. The maximum absolute atomic E-state index is 5.82. The Morgan fingerprint density at radius 1 is 1.33 bits per heavy atom. The SMILES string of the molecule is COc1ccc(N)cc1-c1nc(C(C)C)nn1C. The summed E-state index contributed by atoms with van der Waals surface area (Å²) in [6.07, 6.45) is 0. The molecular formula is C13H18N4O. The standard InChI is InChI=1S/C13H18N4O/c1-8(2)12-15-13(17(3)16-12)10-7-9(14)5-6-11(10)18-4/h5-8H,14H2,1-4H3. The first kappa shape index (κ1) is 12.4. The van der Waals surface area contributed by atoms with E-state index in [9.17, 15) is 0 Å². The predicted molar refractivity (Wildman–Crippen MR) is 71.5 cm³/mol. The molecule has 0 saturated heterocycles. The number of benzene rings is 1. The fourth-order valence-electron chi connectivity index (χ4n) is 1.78. The lowest BCUT2D eigenvalue weighted by molar-refractivity contribution is 0.416. The van der Waals surface area contributed by atoms with Crippen LogP contribution in [0.5, 0.6) is 5.75 Å². The Hall–Kier alpha value is -2.04. The highest BCUT2D eigenvalue weighted by molar-refractivity contribution is 5.69. The predicted octanol–water partition coefficient (Wildman–Crippen LogP) is 2.20. The van der Waals surface area contributed by atoms with Crippen LogP contribution in [-0.4, -0.2) is 21.9 Å². The quantitative estimate of drug-likeness (QED) is 0.843. The summed E-state index contributed by atoms with van der Waals surface area (Å²) in [5, 5.41) is 4.40. The molecule has 0 unspecified atom stereocenters. The molecule has 2 aromatic rings. The monoisotopic (exact) mass is 246 g/mol. The lowest BCUT2D eigenvalue weighted by atomic mass is 10.1. The number of rotatable bonds is 3. The zero-order valence-electron chi connectivity index (χ0n) is 11.1. The van der Waals surface area contributed by atoms with E-state index < -0.39 is 0 Å². The molecule has 1 heterocycles. The lowest BCUT2D eigenvalue weighted by Gasteiger charge is -2.08. The van der Waals surface area contributed by atoms with Crippen LogP contribution >= 0.6 is 0 Å². The van der Waals surface area contributed by atoms with E-state index in [0.717, 1.165) is 23.0 Å². The minimum Gasteiger partial charge on any atom is -0.496 e. The number of nitrogen functional groups attached to an aromatic ring is 1. The number of anilines is 1. The third kappa shape index (κ3) is 2.16. The van der Waals surface area contributed by atoms with Crippen LogP contribution in [0.4, 0.5) is 5.69 Å². The molecule has 96 valence electrons. The average molecular weight is 246 g/mol. The fourth-order valence-corrected chi connectivity index (χ4v) is 1.78. The molecule has 2 rings (SSSR count). The molecule has 18 heavy (non-hydrogen) atoms. The van der Waals surface area contributed by atoms with Crippen molar-refractivity contribution in [3.05, 3.63) is 24.0 Å². The van der Waals surface area contributed by atoms with Crippen molar-refractivity contribution in [1.82, 2.24) is 14.8 Å². The maximum Gasteiger partial charge on any atom is 0.161 e. The summed E-state index contributed by atoms with van der Waals surface area (Å²) < 4.78 is 7.10. The highest BCUT2D eigenvalue weighted by Gasteiger charge is 2.15. The average Bonchev–Trinajstić information content (AvgIpc) is 2.71. The van der Waals surface area contributed by atoms with Gasteiger partial charge >= 0.3 is 0 Å². The van der Waals surface area contributed by atoms with Crippen molar-refractivity contribution >= 4 is 5.69 Å². The molecule has 0 bridgehead atoms. The van der Waals surface area contributed by atoms with E-state index in [4.69, 9.17) is 10.5 Å². The van der Waals surface area contributed by atoms with Crippen molar-refractivity contribution in [3.63, 3.8) is 0 Å². The number of ether oxygens (including phenoxy) is 1. The zero-order chi connectivity index (χ0) is 13.3. The molecule has 0 aliphatic heterocycles. The highest BCUT2D eigenvalue weighted by atomic mass is 16.5. The summed E-state index contributed by atoms with van der Waals surface area (Å²) in [6.45, 7) is 4.13. The Morgan fingerprint density at radius 2 is 2.06 bits per heavy atom. The van der Waals surface area contributed by atoms with Crippen LogP contribution in [0.1, 0.15) is 25.6 Å². The summed E-state index contributed by atoms with van der Waals surface area (Å²) in [7, 11) is 3.51. The molecule has 2 N–H and O–H groups in total. The highest BCUT2D eigenvalue weighted by Crippen LogP contribution is 2.30. The van der Waals surface area contributed by atoms with Gasteiger partial charge in [0.15, 0.2) is 11.6 Å². The first-order chi connectivity index (χ1) is 8.52. The summed E-state index contributed by atoms with van der Waals surface area (Å²) in [6, 6.07) is 5.50. The third-order valence-corrected chi connectivity index (χ3v) is 2.76. The van der Waals surface area contributed by atoms with Gasteiger partial charge in [0.25, 0.3) is 0 Å². The molecule has 0 aliphatic carbocycles. The van der Waals surface area contributed by atoms with Crippen molar-refractivity contribution in [3.8, 4) is 17.1 Å². The van der Waals surface area contributed by atoms with Gasteiger partial charge in [0.2, 0.25) is 0 Å². The molecule has 0 aliphatic rings. The van der Waals surface area contributed by atoms with E-state index in [1.54, 1.807) is 11.8 Å². The van der Waals surface area contributed by atoms with Crippen LogP contribution < -0.4 is 10.5 Å². The topological polar surface area (TPSA) is 66.0 Å². The molecule has 0 radical (unpaired) electrons. The van der Waals surface area contributed by atoms with Crippen LogP contribution in [0, 0.1) is 0 Å². The molecule has 0 atom stereocenters. The lowest BCUT2D eigenvalue weighted by Crippen LogP contribution is -1.98. The normalized spacial score (nSPS) is 10.9. The van der Waals surface area contributed by atoms with Gasteiger partial charge in [0.1, 0.15) is 5.75 Å². The van der Waals surface area contributed by atoms with Gasteiger partial charge < -0.3 is 10.5 Å². The number of aryl methyl sites for hydroxylation is 1. The number of nitrogens with two attached hydrogens (primary N) is 1. The second-order valence-electron chi connectivity index (χ2n) is 4.53. The van der Waals surface area contributed by atoms with E-state index in [1.807, 2.05) is 25.2 Å². The zero-order valence-corrected chi connectivity index (χ0v) is 11.1. The van der Waals surface area contributed by atoms with Gasteiger partial charge in [-0.1, -0.05) is 13.8 Å². The Bertz CT molecular complexity index is 560. The van der Waals surface area contributed by atoms with Gasteiger partial charge in [-0.05, 0) is 18.2 Å². The van der Waals surface area contributed by atoms with Crippen LogP contribution in [-0.2, 0) is 7.05 Å². The molecule has 0 fully saturated rings. The number of nitrogens with zero attached hydrogens (tertiary/aromatic N) is 3. The van der Waals surface area contributed by atoms with Crippen LogP contribution in [0.2, 0.25) is 0 Å². The first-order valence-electron chi connectivity index (χ1n) is 5.87. The molecular weight excluding hydrogens is 228 g/mol. The summed E-state index contributed by atoms with van der Waals surface area (Å²) in [5.41, 5.74) is 7.36. The minimum atomic E-state index is 0.289. The number of hydrogen-bond donors (Lipinski definition) is 1. The van der Waals surface area contributed by atoms with Gasteiger partial charge in [-0.2, -0.15) is 5.10 Å². The van der Waals surface area contributed by atoms with Crippen LogP contribution in [0.25, 0.3) is 11.4 Å². The van der Waals surface area contributed by atoms with Gasteiger partial charge in [0, 0.05) is 18.7 Å². The van der Waals surface area contributed by atoms with E-state index in [1.165, 1.54) is 0 Å². The van der Waals surface area contributed by atoms with Gasteiger partial charge in [-0.3, -0.25) is 0 Å². The number of hydrogen-bond acceptors (Lipinski definition) is 4. The molecule has 0 amide bonds. The largest absolute Gasteiger partial charge is 0.496 e. The van der Waals surface area contributed by atoms with Crippen molar-refractivity contribution in [2.24, 2.45) is 7.05 Å². The first-order valence-corrected chi connectivity index (χ1v) is 5.87. The van der Waals surface area contributed by atoms with E-state index in [0.29, 0.717) is 5.69 Å². The molecule has 5 heteroatoms. The van der Waals surface area contributed by atoms with Gasteiger partial charge in [0.05, 0.1) is 12.7 Å². The van der Waals surface area contributed by atoms with Gasteiger partial charge in [-0.15, -0.1) is 0 Å². The molecule has 0 spiro atoms. The van der Waals surface area contributed by atoms with Crippen LogP contribution in [0.3, 0.4) is 0 Å². The van der Waals surface area contributed by atoms with Gasteiger partial charge in [-0.25, -0.2) is 9.67 Å². The Kier molecular flexibility index (Phi) is 3.23. The molecule has 5 nitrogen and oxygen atoms in total. The van der Waals surface area contributed by atoms with Crippen molar-refractivity contribution in [2.75, 3.05) is 12.8 Å². The number of aromatic nitrogens is 3. The maximum atomic E-state index is 5.82. The van der Waals surface area contributed by atoms with Crippen molar-refractivity contribution in [2.45, 2.75) is 19.8 Å². The second-order valence-corrected chi connectivity index (χ2v) is 4.53. The summed E-state index contributed by atoms with van der Waals surface area (Å²) in [5.74, 6) is 2.62. The summed E-state index contributed by atoms with van der Waals surface area (Å²) >= 11 is 0. The Labute approximate surface area is 107 Å².